The number of fused-ring (bicyclic) bond motifs is 1. The Hall–Kier alpha value is -2.68. The molecule has 2 heterocycles. The molecular formula is C26H28Cl2N4O3S. The predicted octanol–water partition coefficient (Wildman–Crippen LogP) is 6.91. The summed E-state index contributed by atoms with van der Waals surface area (Å²) in [6.45, 7) is 7.86. The van der Waals surface area contributed by atoms with Crippen LogP contribution in [0.25, 0.3) is 0 Å². The van der Waals surface area contributed by atoms with Crippen molar-refractivity contribution in [2.75, 3.05) is 11.1 Å². The van der Waals surface area contributed by atoms with Gasteiger partial charge in [-0.3, -0.25) is 0 Å². The molecule has 1 aliphatic rings. The number of allylic oxidation sites excluding steroid dienone is 1. The Kier molecular flexibility index (Phi) is 8.49. The third kappa shape index (κ3) is 5.82. The van der Waals surface area contributed by atoms with Crippen LogP contribution in [0.3, 0.4) is 0 Å². The number of esters is 1. The fraction of sp³-hybridized carbons (Fsp3) is 0.346. The normalized spacial score (nSPS) is 15.0. The maximum absolute atomic E-state index is 13.1. The summed E-state index contributed by atoms with van der Waals surface area (Å²) in [6.07, 6.45) is 0.758. The first-order valence-corrected chi connectivity index (χ1v) is 13.5. The molecule has 1 aromatic heterocycles. The highest BCUT2D eigenvalue weighted by atomic mass is 35.5. The van der Waals surface area contributed by atoms with Crippen LogP contribution >= 0.6 is 35.0 Å². The number of ether oxygens (including phenoxy) is 2. The summed E-state index contributed by atoms with van der Waals surface area (Å²) >= 11 is 14.1. The monoisotopic (exact) mass is 546 g/mol. The first-order valence-electron chi connectivity index (χ1n) is 11.7. The highest BCUT2D eigenvalue weighted by Gasteiger charge is 2.35. The van der Waals surface area contributed by atoms with Gasteiger partial charge in [-0.05, 0) is 57.0 Å². The number of benzene rings is 2. The highest BCUT2D eigenvalue weighted by Crippen LogP contribution is 2.37. The number of carbonyl (C=O) groups is 1. The lowest BCUT2D eigenvalue weighted by molar-refractivity contribution is -0.143. The molecule has 0 spiro atoms. The molecule has 1 atom stereocenters. The molecule has 1 N–H and O–H groups in total. The molecule has 0 radical (unpaired) electrons. The second-order valence-electron chi connectivity index (χ2n) is 8.59. The number of thioether (sulfide) groups is 1. The molecule has 0 saturated carbocycles. The summed E-state index contributed by atoms with van der Waals surface area (Å²) in [4.78, 5) is 17.8. The molecule has 1 aliphatic heterocycles. The Morgan fingerprint density at radius 2 is 1.86 bits per heavy atom. The molecule has 0 aliphatic carbocycles. The standard InChI is InChI=1S/C26H28Cl2N4O3S/c1-5-13-36-26-30-25-29-16(4)22(24(33)35-15(2)3)23(32(25)31-26)17-9-11-18(12-10-17)34-14-19-20(27)7-6-8-21(19)28/h6-12,15,23H,5,13-14H2,1-4H3,(H,29,30,31). The first kappa shape index (κ1) is 26.4. The van der Waals surface area contributed by atoms with Crippen molar-refractivity contribution in [3.63, 3.8) is 0 Å². The number of nitrogens with one attached hydrogen (secondary N) is 1. The van der Waals surface area contributed by atoms with Crippen LogP contribution in [0.15, 0.2) is 58.9 Å². The Balaban J connectivity index is 1.64. The minimum Gasteiger partial charge on any atom is -0.489 e. The molecule has 36 heavy (non-hydrogen) atoms. The van der Waals surface area contributed by atoms with Gasteiger partial charge in [-0.15, -0.1) is 5.10 Å². The topological polar surface area (TPSA) is 78.3 Å². The van der Waals surface area contributed by atoms with E-state index in [0.717, 1.165) is 23.3 Å². The van der Waals surface area contributed by atoms with Crippen LogP contribution in [-0.4, -0.2) is 32.6 Å². The van der Waals surface area contributed by atoms with E-state index in [4.69, 9.17) is 37.8 Å². The van der Waals surface area contributed by atoms with E-state index in [1.807, 2.05) is 45.0 Å². The average molecular weight is 548 g/mol. The zero-order valence-corrected chi connectivity index (χ0v) is 22.9. The molecule has 3 aromatic rings. The van der Waals surface area contributed by atoms with E-state index in [0.29, 0.717) is 38.2 Å². The van der Waals surface area contributed by atoms with E-state index < -0.39 is 12.0 Å². The molecule has 4 rings (SSSR count). The third-order valence-electron chi connectivity index (χ3n) is 5.47. The van der Waals surface area contributed by atoms with Crippen LogP contribution in [0.5, 0.6) is 5.75 Å². The molecular weight excluding hydrogens is 519 g/mol. The van der Waals surface area contributed by atoms with E-state index >= 15 is 0 Å². The summed E-state index contributed by atoms with van der Waals surface area (Å²) in [6, 6.07) is 12.4. The Morgan fingerprint density at radius 1 is 1.17 bits per heavy atom. The van der Waals surface area contributed by atoms with Crippen molar-refractivity contribution in [1.82, 2.24) is 14.8 Å². The molecule has 0 saturated heterocycles. The third-order valence-corrected chi connectivity index (χ3v) is 7.22. The number of aromatic nitrogens is 3. The lowest BCUT2D eigenvalue weighted by Crippen LogP contribution is -2.30. The fourth-order valence-electron chi connectivity index (χ4n) is 3.81. The summed E-state index contributed by atoms with van der Waals surface area (Å²) in [5, 5.41) is 9.71. The molecule has 2 aromatic carbocycles. The number of hydrogen-bond donors (Lipinski definition) is 1. The maximum Gasteiger partial charge on any atom is 0.338 e. The van der Waals surface area contributed by atoms with Crippen LogP contribution in [0.4, 0.5) is 5.95 Å². The van der Waals surface area contributed by atoms with Gasteiger partial charge in [0.15, 0.2) is 0 Å². The van der Waals surface area contributed by atoms with Gasteiger partial charge >= 0.3 is 5.97 Å². The van der Waals surface area contributed by atoms with Crippen molar-refractivity contribution in [3.8, 4) is 5.75 Å². The lowest BCUT2D eigenvalue weighted by atomic mass is 9.95. The van der Waals surface area contributed by atoms with Crippen molar-refractivity contribution in [1.29, 1.82) is 0 Å². The average Bonchev–Trinajstić information content (AvgIpc) is 3.23. The zero-order valence-electron chi connectivity index (χ0n) is 20.5. The number of anilines is 1. The molecule has 0 bridgehead atoms. The minimum absolute atomic E-state index is 0.238. The van der Waals surface area contributed by atoms with E-state index in [1.54, 1.807) is 34.6 Å². The van der Waals surface area contributed by atoms with Gasteiger partial charge in [0.2, 0.25) is 11.1 Å². The lowest BCUT2D eigenvalue weighted by Gasteiger charge is -2.28. The van der Waals surface area contributed by atoms with Crippen molar-refractivity contribution in [3.05, 3.63) is 74.9 Å². The van der Waals surface area contributed by atoms with Gasteiger partial charge in [-0.2, -0.15) is 4.98 Å². The second kappa shape index (κ2) is 11.6. The van der Waals surface area contributed by atoms with Gasteiger partial charge in [0.1, 0.15) is 18.4 Å². The van der Waals surface area contributed by atoms with E-state index in [1.165, 1.54) is 0 Å². The van der Waals surface area contributed by atoms with Crippen molar-refractivity contribution >= 4 is 46.9 Å². The number of rotatable bonds is 9. The van der Waals surface area contributed by atoms with Crippen LogP contribution < -0.4 is 10.1 Å². The number of nitrogens with zero attached hydrogens (tertiary/aromatic N) is 3. The number of hydrogen-bond acceptors (Lipinski definition) is 7. The predicted molar refractivity (Wildman–Crippen MR) is 144 cm³/mol. The van der Waals surface area contributed by atoms with Gasteiger partial charge < -0.3 is 14.8 Å². The van der Waals surface area contributed by atoms with Gasteiger partial charge in [0, 0.05) is 27.1 Å². The molecule has 1 unspecified atom stereocenters. The summed E-state index contributed by atoms with van der Waals surface area (Å²) in [5.74, 6) is 1.75. The van der Waals surface area contributed by atoms with E-state index in [2.05, 4.69) is 17.2 Å². The summed E-state index contributed by atoms with van der Waals surface area (Å²) in [5.41, 5.74) is 2.76. The van der Waals surface area contributed by atoms with Gasteiger partial charge in [-0.25, -0.2) is 9.48 Å². The summed E-state index contributed by atoms with van der Waals surface area (Å²) in [7, 11) is 0. The van der Waals surface area contributed by atoms with E-state index in [9.17, 15) is 4.79 Å². The van der Waals surface area contributed by atoms with Crippen LogP contribution in [0.1, 0.15) is 51.3 Å². The largest absolute Gasteiger partial charge is 0.489 e. The number of carbonyl (C=O) groups excluding carboxylic acids is 1. The smallest absolute Gasteiger partial charge is 0.338 e. The molecule has 0 amide bonds. The first-order chi connectivity index (χ1) is 17.3. The molecule has 0 fully saturated rings. The van der Waals surface area contributed by atoms with Crippen molar-refractivity contribution in [2.45, 2.75) is 58.0 Å². The molecule has 190 valence electrons. The van der Waals surface area contributed by atoms with Crippen molar-refractivity contribution in [2.24, 2.45) is 0 Å². The number of halogens is 2. The molecule has 7 nitrogen and oxygen atoms in total. The van der Waals surface area contributed by atoms with Crippen molar-refractivity contribution < 1.29 is 14.3 Å². The van der Waals surface area contributed by atoms with Crippen LogP contribution in [-0.2, 0) is 16.1 Å². The zero-order chi connectivity index (χ0) is 25.8. The maximum atomic E-state index is 13.1. The van der Waals surface area contributed by atoms with Crippen LogP contribution in [0, 0.1) is 0 Å². The second-order valence-corrected chi connectivity index (χ2v) is 10.5. The summed E-state index contributed by atoms with van der Waals surface area (Å²) < 4.78 is 13.3. The highest BCUT2D eigenvalue weighted by molar-refractivity contribution is 7.99. The van der Waals surface area contributed by atoms with Gasteiger partial charge in [0.05, 0.1) is 11.7 Å². The van der Waals surface area contributed by atoms with Crippen LogP contribution in [0.2, 0.25) is 10.0 Å². The fourth-order valence-corrected chi connectivity index (χ4v) is 5.00. The van der Waals surface area contributed by atoms with Gasteiger partial charge in [-0.1, -0.05) is 60.1 Å². The quantitative estimate of drug-likeness (QED) is 0.231. The van der Waals surface area contributed by atoms with Gasteiger partial charge in [0.25, 0.3) is 0 Å². The Labute approximate surface area is 225 Å². The Morgan fingerprint density at radius 3 is 2.50 bits per heavy atom. The SMILES string of the molecule is CCCSc1nc2n(n1)C(c1ccc(OCc3c(Cl)cccc3Cl)cc1)C(C(=O)OC(C)C)=C(C)N2. The van der Waals surface area contributed by atoms with E-state index in [-0.39, 0.29) is 12.7 Å². The molecule has 10 heteroatoms. The minimum atomic E-state index is -0.497. The Bertz CT molecular complexity index is 1250.